The normalized spacial score (nSPS) is 14.0. The summed E-state index contributed by atoms with van der Waals surface area (Å²) in [5, 5.41) is 0.597. The number of fused-ring (bicyclic) bond motifs is 1. The van der Waals surface area contributed by atoms with Gasteiger partial charge < -0.3 is 9.72 Å². The zero-order valence-electron chi connectivity index (χ0n) is 14.9. The first-order chi connectivity index (χ1) is 13.1. The van der Waals surface area contributed by atoms with Crippen molar-refractivity contribution in [3.8, 4) is 17.3 Å². The van der Waals surface area contributed by atoms with Crippen LogP contribution in [0.5, 0.6) is 5.75 Å². The molecule has 0 unspecified atom stereocenters. The van der Waals surface area contributed by atoms with Crippen molar-refractivity contribution < 1.29 is 4.74 Å². The second-order valence-corrected chi connectivity index (χ2v) is 6.89. The third-order valence-corrected chi connectivity index (χ3v) is 4.98. The maximum absolute atomic E-state index is 12.5. The lowest BCUT2D eigenvalue weighted by atomic mass is 10.1. The number of rotatable bonds is 4. The van der Waals surface area contributed by atoms with Crippen molar-refractivity contribution in [2.24, 2.45) is 0 Å². The highest BCUT2D eigenvalue weighted by Gasteiger charge is 2.22. The predicted molar refractivity (Wildman–Crippen MR) is 104 cm³/mol. The molecule has 0 saturated carbocycles. The van der Waals surface area contributed by atoms with Crippen LogP contribution in [0.2, 0.25) is 5.02 Å². The van der Waals surface area contributed by atoms with Crippen molar-refractivity contribution in [3.05, 3.63) is 74.8 Å². The molecule has 7 heteroatoms. The van der Waals surface area contributed by atoms with Gasteiger partial charge in [-0.05, 0) is 36.2 Å². The zero-order valence-corrected chi connectivity index (χ0v) is 15.7. The molecule has 0 saturated heterocycles. The Morgan fingerprint density at radius 3 is 2.93 bits per heavy atom. The molecule has 1 aliphatic heterocycles. The van der Waals surface area contributed by atoms with Crippen LogP contribution in [-0.2, 0) is 19.5 Å². The molecule has 1 N–H and O–H groups in total. The van der Waals surface area contributed by atoms with Crippen molar-refractivity contribution >= 4 is 11.6 Å². The third-order valence-electron chi connectivity index (χ3n) is 4.68. The molecule has 0 atom stereocenters. The minimum Gasteiger partial charge on any atom is -0.495 e. The molecule has 3 heterocycles. The number of pyridine rings is 1. The number of benzene rings is 1. The topological polar surface area (TPSA) is 71.1 Å². The Balaban J connectivity index is 1.58. The fraction of sp³-hybridized carbons (Fsp3) is 0.250. The van der Waals surface area contributed by atoms with E-state index < -0.39 is 0 Å². The van der Waals surface area contributed by atoms with Crippen molar-refractivity contribution in [1.29, 1.82) is 0 Å². The molecular formula is C20H19ClN4O2. The van der Waals surface area contributed by atoms with Gasteiger partial charge in [0.1, 0.15) is 11.4 Å². The number of nitrogens with zero attached hydrogens (tertiary/aromatic N) is 3. The van der Waals surface area contributed by atoms with E-state index >= 15 is 0 Å². The monoisotopic (exact) mass is 382 g/mol. The first-order valence-corrected chi connectivity index (χ1v) is 9.10. The van der Waals surface area contributed by atoms with E-state index in [1.807, 2.05) is 36.4 Å². The van der Waals surface area contributed by atoms with Crippen LogP contribution in [-0.4, -0.2) is 33.5 Å². The van der Waals surface area contributed by atoms with Crippen LogP contribution in [0.25, 0.3) is 11.5 Å². The Labute approximate surface area is 161 Å². The molecule has 0 amide bonds. The average Bonchev–Trinajstić information content (AvgIpc) is 2.68. The van der Waals surface area contributed by atoms with Crippen LogP contribution in [0.1, 0.15) is 16.8 Å². The number of aromatic amines is 1. The number of ether oxygens (including phenoxy) is 1. The van der Waals surface area contributed by atoms with Gasteiger partial charge >= 0.3 is 0 Å². The standard InChI is InChI=1S/C20H19ClN4O2/c1-27-18-6-5-13(10-15(18)21)11-25-9-7-14-17(12-25)23-19(24-20(14)26)16-4-2-3-8-22-16/h2-6,8,10H,7,9,11-12H2,1H3,(H,23,24,26). The van der Waals surface area contributed by atoms with Crippen molar-refractivity contribution in [2.75, 3.05) is 13.7 Å². The van der Waals surface area contributed by atoms with E-state index in [1.54, 1.807) is 13.3 Å². The predicted octanol–water partition coefficient (Wildman–Crippen LogP) is 3.05. The second kappa shape index (κ2) is 7.50. The summed E-state index contributed by atoms with van der Waals surface area (Å²) < 4.78 is 5.21. The molecule has 6 nitrogen and oxygen atoms in total. The average molecular weight is 383 g/mol. The van der Waals surface area contributed by atoms with E-state index in [-0.39, 0.29) is 5.56 Å². The van der Waals surface area contributed by atoms with E-state index in [0.29, 0.717) is 35.3 Å². The number of hydrogen-bond donors (Lipinski definition) is 1. The summed E-state index contributed by atoms with van der Waals surface area (Å²) in [7, 11) is 1.60. The van der Waals surface area contributed by atoms with Crippen LogP contribution in [0.15, 0.2) is 47.4 Å². The third kappa shape index (κ3) is 3.72. The van der Waals surface area contributed by atoms with E-state index in [0.717, 1.165) is 29.9 Å². The summed E-state index contributed by atoms with van der Waals surface area (Å²) in [5.74, 6) is 1.17. The highest BCUT2D eigenvalue weighted by atomic mass is 35.5. The zero-order chi connectivity index (χ0) is 18.8. The maximum atomic E-state index is 12.5. The minimum absolute atomic E-state index is 0.0761. The molecule has 1 aromatic carbocycles. The Morgan fingerprint density at radius 2 is 2.19 bits per heavy atom. The van der Waals surface area contributed by atoms with Crippen molar-refractivity contribution in [3.63, 3.8) is 0 Å². The van der Waals surface area contributed by atoms with Gasteiger partial charge in [0.25, 0.3) is 5.56 Å². The summed E-state index contributed by atoms with van der Waals surface area (Å²) >= 11 is 6.23. The molecule has 4 rings (SSSR count). The Kier molecular flexibility index (Phi) is 4.92. The van der Waals surface area contributed by atoms with Crippen LogP contribution < -0.4 is 10.3 Å². The summed E-state index contributed by atoms with van der Waals surface area (Å²) in [6, 6.07) is 11.3. The van der Waals surface area contributed by atoms with E-state index in [1.165, 1.54) is 0 Å². The molecule has 0 radical (unpaired) electrons. The molecule has 0 spiro atoms. The number of halogens is 1. The van der Waals surface area contributed by atoms with E-state index in [4.69, 9.17) is 16.3 Å². The van der Waals surface area contributed by atoms with Gasteiger partial charge in [-0.25, -0.2) is 4.98 Å². The van der Waals surface area contributed by atoms with Gasteiger partial charge in [0, 0.05) is 31.4 Å². The summed E-state index contributed by atoms with van der Waals surface area (Å²) in [4.78, 5) is 26.5. The van der Waals surface area contributed by atoms with E-state index in [9.17, 15) is 4.79 Å². The largest absolute Gasteiger partial charge is 0.495 e. The molecule has 2 aromatic heterocycles. The van der Waals surface area contributed by atoms with Gasteiger partial charge in [0.2, 0.25) is 0 Å². The van der Waals surface area contributed by atoms with E-state index in [2.05, 4.69) is 19.9 Å². The number of nitrogens with one attached hydrogen (secondary N) is 1. The van der Waals surface area contributed by atoms with Crippen LogP contribution in [0.3, 0.4) is 0 Å². The first kappa shape index (κ1) is 17.7. The number of methoxy groups -OCH3 is 1. The Hall–Kier alpha value is -2.70. The van der Waals surface area contributed by atoms with Crippen molar-refractivity contribution in [2.45, 2.75) is 19.5 Å². The molecular weight excluding hydrogens is 364 g/mol. The van der Waals surface area contributed by atoms with Gasteiger partial charge in [0.05, 0.1) is 17.8 Å². The van der Waals surface area contributed by atoms with Crippen LogP contribution in [0.4, 0.5) is 0 Å². The Bertz CT molecular complexity index is 1020. The molecule has 3 aromatic rings. The highest BCUT2D eigenvalue weighted by molar-refractivity contribution is 6.32. The lowest BCUT2D eigenvalue weighted by Crippen LogP contribution is -2.35. The lowest BCUT2D eigenvalue weighted by Gasteiger charge is -2.27. The molecule has 27 heavy (non-hydrogen) atoms. The van der Waals surface area contributed by atoms with Gasteiger partial charge in [0.15, 0.2) is 5.82 Å². The van der Waals surface area contributed by atoms with Crippen LogP contribution in [0, 0.1) is 0 Å². The van der Waals surface area contributed by atoms with Gasteiger partial charge in [-0.2, -0.15) is 0 Å². The molecule has 1 aliphatic rings. The number of aromatic nitrogens is 3. The Morgan fingerprint density at radius 1 is 1.30 bits per heavy atom. The fourth-order valence-corrected chi connectivity index (χ4v) is 3.60. The lowest BCUT2D eigenvalue weighted by molar-refractivity contribution is 0.240. The number of hydrogen-bond acceptors (Lipinski definition) is 5. The smallest absolute Gasteiger partial charge is 0.254 e. The highest BCUT2D eigenvalue weighted by Crippen LogP contribution is 2.26. The minimum atomic E-state index is -0.0761. The van der Waals surface area contributed by atoms with Crippen LogP contribution >= 0.6 is 11.6 Å². The molecule has 0 aliphatic carbocycles. The van der Waals surface area contributed by atoms with Crippen molar-refractivity contribution in [1.82, 2.24) is 19.9 Å². The summed E-state index contributed by atoms with van der Waals surface area (Å²) in [5.41, 5.74) is 3.26. The van der Waals surface area contributed by atoms with Gasteiger partial charge in [-0.1, -0.05) is 23.7 Å². The molecule has 0 bridgehead atoms. The summed E-state index contributed by atoms with van der Waals surface area (Å²) in [6.07, 6.45) is 2.36. The quantitative estimate of drug-likeness (QED) is 0.750. The first-order valence-electron chi connectivity index (χ1n) is 8.72. The molecule has 0 fully saturated rings. The fourth-order valence-electron chi connectivity index (χ4n) is 3.32. The number of H-pyrrole nitrogens is 1. The molecule has 138 valence electrons. The second-order valence-electron chi connectivity index (χ2n) is 6.48. The van der Waals surface area contributed by atoms with Gasteiger partial charge in [-0.15, -0.1) is 0 Å². The maximum Gasteiger partial charge on any atom is 0.254 e. The SMILES string of the molecule is COc1ccc(CN2CCc3c(nc(-c4ccccn4)[nH]c3=O)C2)cc1Cl. The van der Waals surface area contributed by atoms with Gasteiger partial charge in [-0.3, -0.25) is 14.7 Å². The summed E-state index contributed by atoms with van der Waals surface area (Å²) in [6.45, 7) is 2.14.